The van der Waals surface area contributed by atoms with Gasteiger partial charge < -0.3 is 14.5 Å². The Balaban J connectivity index is 1.70. The third kappa shape index (κ3) is 3.95. The van der Waals surface area contributed by atoms with Gasteiger partial charge in [0.05, 0.1) is 25.5 Å². The fraction of sp³-hybridized carbons (Fsp3) is 0.476. The minimum absolute atomic E-state index is 0.109. The van der Waals surface area contributed by atoms with Gasteiger partial charge in [-0.15, -0.1) is 0 Å². The van der Waals surface area contributed by atoms with Gasteiger partial charge in [-0.2, -0.15) is 0 Å². The van der Waals surface area contributed by atoms with Gasteiger partial charge in [-0.1, -0.05) is 29.8 Å². The van der Waals surface area contributed by atoms with Gasteiger partial charge in [-0.3, -0.25) is 4.79 Å². The first kappa shape index (κ1) is 17.9. The van der Waals surface area contributed by atoms with E-state index in [1.54, 1.807) is 6.92 Å². The van der Waals surface area contributed by atoms with Crippen molar-refractivity contribution >= 4 is 11.7 Å². The highest BCUT2D eigenvalue weighted by atomic mass is 16.5. The van der Waals surface area contributed by atoms with E-state index in [9.17, 15) is 4.79 Å². The Bertz CT molecular complexity index is 846. The zero-order valence-corrected chi connectivity index (χ0v) is 16.1. The number of rotatable bonds is 3. The van der Waals surface area contributed by atoms with Crippen LogP contribution in [0.15, 0.2) is 24.3 Å². The maximum Gasteiger partial charge on any atom is 0.219 e. The number of anilines is 1. The van der Waals surface area contributed by atoms with E-state index in [0.717, 1.165) is 55.4 Å². The maximum atomic E-state index is 11.9. The van der Waals surface area contributed by atoms with E-state index in [1.807, 2.05) is 4.90 Å². The zero-order valence-electron chi connectivity index (χ0n) is 16.1. The van der Waals surface area contributed by atoms with Crippen LogP contribution >= 0.6 is 0 Å². The number of amides is 1. The van der Waals surface area contributed by atoms with Crippen molar-refractivity contribution in [2.24, 2.45) is 0 Å². The Kier molecular flexibility index (Phi) is 5.07. The molecule has 0 aliphatic carbocycles. The number of carbonyl (C=O) groups excluding carboxylic acids is 1. The Labute approximate surface area is 160 Å². The summed E-state index contributed by atoms with van der Waals surface area (Å²) in [6.45, 7) is 8.14. The predicted octanol–water partition coefficient (Wildman–Crippen LogP) is 2.12. The standard InChI is InChI=1S/C21H26N4O2/c1-15-4-3-5-17(12-15)13-20-22-19-6-7-25(16(2)26)14-18(19)21(23-20)24-8-10-27-11-9-24/h3-5,12H,6-11,13-14H2,1-2H3. The Hall–Kier alpha value is -2.47. The third-order valence-corrected chi connectivity index (χ3v) is 5.29. The molecule has 0 radical (unpaired) electrons. The zero-order chi connectivity index (χ0) is 18.8. The molecule has 6 heteroatoms. The van der Waals surface area contributed by atoms with Crippen molar-refractivity contribution in [2.75, 3.05) is 37.7 Å². The van der Waals surface area contributed by atoms with Gasteiger partial charge in [0.15, 0.2) is 0 Å². The summed E-state index contributed by atoms with van der Waals surface area (Å²) in [7, 11) is 0. The molecular formula is C21H26N4O2. The number of aryl methyl sites for hydroxylation is 1. The van der Waals surface area contributed by atoms with Crippen LogP contribution < -0.4 is 4.90 Å². The summed E-state index contributed by atoms with van der Waals surface area (Å²) < 4.78 is 5.51. The smallest absolute Gasteiger partial charge is 0.219 e. The summed E-state index contributed by atoms with van der Waals surface area (Å²) >= 11 is 0. The lowest BCUT2D eigenvalue weighted by Gasteiger charge is -2.34. The number of morpholine rings is 1. The lowest BCUT2D eigenvalue weighted by molar-refractivity contribution is -0.129. The summed E-state index contributed by atoms with van der Waals surface area (Å²) in [5.41, 5.74) is 4.66. The number of hydrogen-bond donors (Lipinski definition) is 0. The molecule has 1 aromatic heterocycles. The van der Waals surface area contributed by atoms with Gasteiger partial charge in [0.1, 0.15) is 11.6 Å². The molecule has 142 valence electrons. The SMILES string of the molecule is CC(=O)N1CCc2nc(Cc3cccc(C)c3)nc(N3CCOCC3)c2C1. The van der Waals surface area contributed by atoms with Gasteiger partial charge in [-0.05, 0) is 12.5 Å². The summed E-state index contributed by atoms with van der Waals surface area (Å²) in [5.74, 6) is 1.95. The summed E-state index contributed by atoms with van der Waals surface area (Å²) in [6.07, 6.45) is 1.51. The Morgan fingerprint density at radius 1 is 1.19 bits per heavy atom. The second-order valence-corrected chi connectivity index (χ2v) is 7.34. The molecule has 0 spiro atoms. The van der Waals surface area contributed by atoms with Crippen molar-refractivity contribution in [3.05, 3.63) is 52.5 Å². The molecular weight excluding hydrogens is 340 g/mol. The van der Waals surface area contributed by atoms with E-state index in [-0.39, 0.29) is 5.91 Å². The third-order valence-electron chi connectivity index (χ3n) is 5.29. The number of hydrogen-bond acceptors (Lipinski definition) is 5. The molecule has 2 aliphatic heterocycles. The van der Waals surface area contributed by atoms with Crippen LogP contribution in [-0.2, 0) is 28.9 Å². The molecule has 2 aliphatic rings. The Morgan fingerprint density at radius 2 is 2.00 bits per heavy atom. The molecule has 6 nitrogen and oxygen atoms in total. The molecule has 0 bridgehead atoms. The molecule has 2 aromatic rings. The van der Waals surface area contributed by atoms with E-state index < -0.39 is 0 Å². The number of carbonyl (C=O) groups is 1. The first-order valence-electron chi connectivity index (χ1n) is 9.62. The second-order valence-electron chi connectivity index (χ2n) is 7.34. The highest BCUT2D eigenvalue weighted by Crippen LogP contribution is 2.28. The molecule has 0 atom stereocenters. The van der Waals surface area contributed by atoms with E-state index in [2.05, 4.69) is 36.1 Å². The van der Waals surface area contributed by atoms with Crippen LogP contribution in [0.25, 0.3) is 0 Å². The first-order valence-corrected chi connectivity index (χ1v) is 9.62. The summed E-state index contributed by atoms with van der Waals surface area (Å²) in [5, 5.41) is 0. The molecule has 1 amide bonds. The van der Waals surface area contributed by atoms with Gasteiger partial charge in [0, 0.05) is 45.0 Å². The van der Waals surface area contributed by atoms with Crippen LogP contribution in [-0.4, -0.2) is 53.6 Å². The van der Waals surface area contributed by atoms with E-state index in [0.29, 0.717) is 19.8 Å². The highest BCUT2D eigenvalue weighted by Gasteiger charge is 2.27. The lowest BCUT2D eigenvalue weighted by Crippen LogP contribution is -2.40. The van der Waals surface area contributed by atoms with Crippen molar-refractivity contribution in [3.8, 4) is 0 Å². The highest BCUT2D eigenvalue weighted by molar-refractivity contribution is 5.74. The average molecular weight is 366 g/mol. The second kappa shape index (κ2) is 7.64. The minimum Gasteiger partial charge on any atom is -0.378 e. The predicted molar refractivity (Wildman–Crippen MR) is 104 cm³/mol. The minimum atomic E-state index is 0.109. The molecule has 0 N–H and O–H groups in total. The van der Waals surface area contributed by atoms with E-state index >= 15 is 0 Å². The van der Waals surface area contributed by atoms with Crippen LogP contribution in [0.5, 0.6) is 0 Å². The fourth-order valence-corrected chi connectivity index (χ4v) is 3.84. The van der Waals surface area contributed by atoms with Crippen LogP contribution in [0.3, 0.4) is 0 Å². The topological polar surface area (TPSA) is 58.6 Å². The van der Waals surface area contributed by atoms with Gasteiger partial charge >= 0.3 is 0 Å². The fourth-order valence-electron chi connectivity index (χ4n) is 3.84. The number of ether oxygens (including phenoxy) is 1. The van der Waals surface area contributed by atoms with Crippen molar-refractivity contribution < 1.29 is 9.53 Å². The van der Waals surface area contributed by atoms with E-state index in [4.69, 9.17) is 14.7 Å². The maximum absolute atomic E-state index is 11.9. The van der Waals surface area contributed by atoms with Crippen molar-refractivity contribution in [1.82, 2.24) is 14.9 Å². The molecule has 1 fully saturated rings. The molecule has 27 heavy (non-hydrogen) atoms. The van der Waals surface area contributed by atoms with Crippen molar-refractivity contribution in [1.29, 1.82) is 0 Å². The number of benzene rings is 1. The molecule has 0 saturated carbocycles. The molecule has 4 rings (SSSR count). The van der Waals surface area contributed by atoms with Gasteiger partial charge in [-0.25, -0.2) is 9.97 Å². The molecule has 1 aromatic carbocycles. The average Bonchev–Trinajstić information content (AvgIpc) is 2.67. The van der Waals surface area contributed by atoms with Gasteiger partial charge in [0.25, 0.3) is 0 Å². The van der Waals surface area contributed by atoms with Crippen molar-refractivity contribution in [3.63, 3.8) is 0 Å². The normalized spacial score (nSPS) is 17.0. The number of fused-ring (bicyclic) bond motifs is 1. The molecule has 0 unspecified atom stereocenters. The Morgan fingerprint density at radius 3 is 2.74 bits per heavy atom. The largest absolute Gasteiger partial charge is 0.378 e. The lowest BCUT2D eigenvalue weighted by atomic mass is 10.0. The van der Waals surface area contributed by atoms with E-state index in [1.165, 1.54) is 11.1 Å². The number of nitrogens with zero attached hydrogens (tertiary/aromatic N) is 4. The quantitative estimate of drug-likeness (QED) is 0.833. The first-order chi connectivity index (χ1) is 13.1. The summed E-state index contributed by atoms with van der Waals surface area (Å²) in [4.78, 5) is 25.9. The van der Waals surface area contributed by atoms with Crippen LogP contribution in [0, 0.1) is 6.92 Å². The van der Waals surface area contributed by atoms with Crippen LogP contribution in [0.4, 0.5) is 5.82 Å². The van der Waals surface area contributed by atoms with Crippen molar-refractivity contribution in [2.45, 2.75) is 33.2 Å². The van der Waals surface area contributed by atoms with Crippen LogP contribution in [0.2, 0.25) is 0 Å². The monoisotopic (exact) mass is 366 g/mol. The molecule has 3 heterocycles. The van der Waals surface area contributed by atoms with Crippen LogP contribution in [0.1, 0.15) is 35.1 Å². The van der Waals surface area contributed by atoms with Gasteiger partial charge in [0.2, 0.25) is 5.91 Å². The summed E-state index contributed by atoms with van der Waals surface area (Å²) in [6, 6.07) is 8.50. The molecule has 1 saturated heterocycles. The number of aromatic nitrogens is 2.